The van der Waals surface area contributed by atoms with Crippen LogP contribution in [-0.2, 0) is 6.18 Å². The minimum atomic E-state index is -4.38. The van der Waals surface area contributed by atoms with Gasteiger partial charge in [-0.15, -0.1) is 0 Å². The lowest BCUT2D eigenvalue weighted by Crippen LogP contribution is -2.24. The Morgan fingerprint density at radius 3 is 2.23 bits per heavy atom. The average molecular weight is 430 g/mol. The molecule has 4 rings (SSSR count). The number of halogens is 3. The molecule has 1 saturated heterocycles. The number of anilines is 1. The molecule has 0 saturated carbocycles. The zero-order valence-corrected chi connectivity index (χ0v) is 16.5. The second kappa shape index (κ2) is 9.46. The zero-order valence-electron chi connectivity index (χ0n) is 16.5. The van der Waals surface area contributed by atoms with Gasteiger partial charge in [0, 0.05) is 30.9 Å². The number of carbonyl (C=O) groups is 1. The van der Waals surface area contributed by atoms with Gasteiger partial charge in [0.1, 0.15) is 0 Å². The van der Waals surface area contributed by atoms with Crippen molar-refractivity contribution >= 4 is 11.6 Å². The molecule has 1 aromatic carbocycles. The smallest absolute Gasteiger partial charge is 0.370 e. The lowest BCUT2D eigenvalue weighted by Gasteiger charge is -2.20. The van der Waals surface area contributed by atoms with Gasteiger partial charge in [-0.1, -0.05) is 30.3 Å². The number of amides is 1. The number of primary amides is 1. The number of hydrogen-bond acceptors (Lipinski definition) is 4. The normalized spacial score (nSPS) is 13.5. The van der Waals surface area contributed by atoms with Crippen LogP contribution in [0.3, 0.4) is 0 Å². The summed E-state index contributed by atoms with van der Waals surface area (Å²) in [6, 6.07) is 15.3. The van der Waals surface area contributed by atoms with Crippen LogP contribution in [0, 0.1) is 0 Å². The fourth-order valence-electron chi connectivity index (χ4n) is 3.20. The number of nitrogens with zero attached hydrogens (tertiary/aromatic N) is 2. The Kier molecular flexibility index (Phi) is 6.74. The fraction of sp³-hybridized carbons (Fsp3) is 0.227. The van der Waals surface area contributed by atoms with Crippen molar-refractivity contribution < 1.29 is 18.0 Å². The molecule has 9 heteroatoms. The molecule has 0 aliphatic carbocycles. The van der Waals surface area contributed by atoms with Crippen LogP contribution in [-0.4, -0.2) is 29.0 Å². The van der Waals surface area contributed by atoms with E-state index < -0.39 is 23.2 Å². The van der Waals surface area contributed by atoms with Gasteiger partial charge >= 0.3 is 6.18 Å². The highest BCUT2D eigenvalue weighted by Gasteiger charge is 2.30. The molecule has 1 aliphatic heterocycles. The Morgan fingerprint density at radius 2 is 1.68 bits per heavy atom. The summed E-state index contributed by atoms with van der Waals surface area (Å²) in [5.74, 6) is -0.468. The summed E-state index contributed by atoms with van der Waals surface area (Å²) < 4.78 is 35.4. The predicted molar refractivity (Wildman–Crippen MR) is 112 cm³/mol. The maximum Gasteiger partial charge on any atom is 0.417 e. The van der Waals surface area contributed by atoms with Crippen LogP contribution in [0.15, 0.2) is 65.6 Å². The van der Waals surface area contributed by atoms with E-state index in [4.69, 9.17) is 5.73 Å². The number of H-pyrrole nitrogens is 1. The first-order chi connectivity index (χ1) is 14.8. The highest BCUT2D eigenvalue weighted by atomic mass is 19.4. The highest BCUT2D eigenvalue weighted by Crippen LogP contribution is 2.28. The second-order valence-corrected chi connectivity index (χ2v) is 6.93. The number of carbonyl (C=O) groups excluding carboxylic acids is 1. The summed E-state index contributed by atoms with van der Waals surface area (Å²) in [6.45, 7) is 1.93. The lowest BCUT2D eigenvalue weighted by molar-refractivity contribution is -0.137. The van der Waals surface area contributed by atoms with Crippen molar-refractivity contribution in [2.45, 2.75) is 19.0 Å². The van der Waals surface area contributed by atoms with Crippen LogP contribution >= 0.6 is 0 Å². The van der Waals surface area contributed by atoms with Gasteiger partial charge in [-0.05, 0) is 31.0 Å². The molecule has 31 heavy (non-hydrogen) atoms. The molecule has 3 N–H and O–H groups in total. The second-order valence-electron chi connectivity index (χ2n) is 6.93. The van der Waals surface area contributed by atoms with Crippen LogP contribution in [0.5, 0.6) is 0 Å². The summed E-state index contributed by atoms with van der Waals surface area (Å²) in [4.78, 5) is 30.6. The fourth-order valence-corrected chi connectivity index (χ4v) is 3.20. The number of aromatic amines is 1. The van der Waals surface area contributed by atoms with Gasteiger partial charge in [0.2, 0.25) is 5.56 Å². The Balaban J connectivity index is 0.000000210. The van der Waals surface area contributed by atoms with Crippen LogP contribution in [0.2, 0.25) is 0 Å². The van der Waals surface area contributed by atoms with Gasteiger partial charge in [-0.3, -0.25) is 9.59 Å². The highest BCUT2D eigenvalue weighted by molar-refractivity contribution is 5.97. The number of nitrogens with one attached hydrogen (secondary N) is 1. The Hall–Kier alpha value is -3.62. The van der Waals surface area contributed by atoms with E-state index in [1.54, 1.807) is 0 Å². The molecule has 6 nitrogen and oxygen atoms in total. The van der Waals surface area contributed by atoms with Crippen molar-refractivity contribution in [3.05, 3.63) is 82.4 Å². The van der Waals surface area contributed by atoms with Gasteiger partial charge in [-0.25, -0.2) is 4.98 Å². The molecule has 2 aromatic heterocycles. The molecule has 0 atom stereocenters. The first-order valence-electron chi connectivity index (χ1n) is 9.63. The summed E-state index contributed by atoms with van der Waals surface area (Å²) in [5, 5.41) is 0. The Labute approximate surface area is 176 Å². The van der Waals surface area contributed by atoms with Crippen molar-refractivity contribution in [3.8, 4) is 11.3 Å². The maximum absolute atomic E-state index is 11.8. The molecule has 162 valence electrons. The Morgan fingerprint density at radius 1 is 1.00 bits per heavy atom. The number of nitrogens with two attached hydrogens (primary N) is 1. The molecule has 0 unspecified atom stereocenters. The summed E-state index contributed by atoms with van der Waals surface area (Å²) in [6.07, 6.45) is -1.44. The molecule has 0 radical (unpaired) electrons. The maximum atomic E-state index is 11.8. The SMILES string of the molecule is NC(=O)c1nc(-c2ccccc2)ccc1N1CCCC1.O=c1ccc(C(F)(F)F)c[nH]1. The van der Waals surface area contributed by atoms with E-state index in [-0.39, 0.29) is 0 Å². The van der Waals surface area contributed by atoms with Gasteiger partial charge in [0.05, 0.1) is 16.9 Å². The van der Waals surface area contributed by atoms with E-state index in [0.717, 1.165) is 55.0 Å². The zero-order chi connectivity index (χ0) is 22.4. The minimum absolute atomic E-state index is 0.369. The topological polar surface area (TPSA) is 92.1 Å². The van der Waals surface area contributed by atoms with E-state index in [1.807, 2.05) is 47.4 Å². The molecular weight excluding hydrogens is 409 g/mol. The molecular formula is C22H21F3N4O2. The van der Waals surface area contributed by atoms with Crippen LogP contribution < -0.4 is 16.2 Å². The molecule has 0 spiro atoms. The van der Waals surface area contributed by atoms with Gasteiger partial charge in [0.25, 0.3) is 5.91 Å². The molecule has 1 amide bonds. The average Bonchev–Trinajstić information content (AvgIpc) is 3.29. The predicted octanol–water partition coefficient (Wildman–Crippen LogP) is 3.84. The molecule has 3 heterocycles. The standard InChI is InChI=1S/C16H17N3O.C6H4F3NO/c17-16(20)15-14(19-10-4-5-11-19)9-8-13(18-15)12-6-2-1-3-7-12;7-6(8,9)4-1-2-5(11)10-3-4/h1-3,6-9H,4-5,10-11H2,(H2,17,20);1-3H,(H,10,11). The van der Waals surface area contributed by atoms with Crippen molar-refractivity contribution in [1.82, 2.24) is 9.97 Å². The third-order valence-corrected chi connectivity index (χ3v) is 4.74. The summed E-state index contributed by atoms with van der Waals surface area (Å²) in [5.41, 5.74) is 7.10. The number of hydrogen-bond donors (Lipinski definition) is 2. The first kappa shape index (κ1) is 22.1. The monoisotopic (exact) mass is 430 g/mol. The number of rotatable bonds is 3. The quantitative estimate of drug-likeness (QED) is 0.660. The van der Waals surface area contributed by atoms with Crippen LogP contribution in [0.25, 0.3) is 11.3 Å². The molecule has 3 aromatic rings. The minimum Gasteiger partial charge on any atom is -0.370 e. The number of alkyl halides is 3. The van der Waals surface area contributed by atoms with Gasteiger partial charge < -0.3 is 15.6 Å². The van der Waals surface area contributed by atoms with Crippen molar-refractivity contribution in [2.75, 3.05) is 18.0 Å². The lowest BCUT2D eigenvalue weighted by atomic mass is 10.1. The van der Waals surface area contributed by atoms with E-state index in [1.165, 1.54) is 0 Å². The van der Waals surface area contributed by atoms with Crippen LogP contribution in [0.4, 0.5) is 18.9 Å². The van der Waals surface area contributed by atoms with E-state index in [0.29, 0.717) is 11.9 Å². The van der Waals surface area contributed by atoms with E-state index >= 15 is 0 Å². The third kappa shape index (κ3) is 5.71. The van der Waals surface area contributed by atoms with Crippen molar-refractivity contribution in [1.29, 1.82) is 0 Å². The summed E-state index contributed by atoms with van der Waals surface area (Å²) in [7, 11) is 0. The first-order valence-corrected chi connectivity index (χ1v) is 9.63. The van der Waals surface area contributed by atoms with E-state index in [9.17, 15) is 22.8 Å². The number of benzene rings is 1. The summed E-state index contributed by atoms with van der Waals surface area (Å²) >= 11 is 0. The van der Waals surface area contributed by atoms with E-state index in [2.05, 4.69) is 9.88 Å². The van der Waals surface area contributed by atoms with Gasteiger partial charge in [0.15, 0.2) is 5.69 Å². The van der Waals surface area contributed by atoms with Crippen LogP contribution in [0.1, 0.15) is 28.9 Å². The largest absolute Gasteiger partial charge is 0.417 e. The Bertz CT molecular complexity index is 1070. The molecule has 1 aliphatic rings. The number of pyridine rings is 2. The van der Waals surface area contributed by atoms with Crippen molar-refractivity contribution in [3.63, 3.8) is 0 Å². The number of aromatic nitrogens is 2. The third-order valence-electron chi connectivity index (χ3n) is 4.74. The molecule has 0 bridgehead atoms. The van der Waals surface area contributed by atoms with Gasteiger partial charge in [-0.2, -0.15) is 13.2 Å². The van der Waals surface area contributed by atoms with Crippen molar-refractivity contribution in [2.24, 2.45) is 5.73 Å². The molecule has 1 fully saturated rings.